The Labute approximate surface area is 166 Å². The Morgan fingerprint density at radius 1 is 1.36 bits per heavy atom. The van der Waals surface area contributed by atoms with Crippen LogP contribution >= 0.6 is 24.0 Å². The Balaban J connectivity index is 0.00000312. The molecule has 1 saturated heterocycles. The Morgan fingerprint density at radius 2 is 2.12 bits per heavy atom. The van der Waals surface area contributed by atoms with Gasteiger partial charge in [-0.25, -0.2) is 22.1 Å². The fourth-order valence-electron chi connectivity index (χ4n) is 2.56. The van der Waals surface area contributed by atoms with Crippen LogP contribution in [0.5, 0.6) is 0 Å². The van der Waals surface area contributed by atoms with Crippen molar-refractivity contribution in [3.63, 3.8) is 0 Å². The molecule has 0 saturated carbocycles. The van der Waals surface area contributed by atoms with E-state index in [0.29, 0.717) is 50.7 Å². The second kappa shape index (κ2) is 10.3. The molecule has 0 radical (unpaired) electrons. The third-order valence-electron chi connectivity index (χ3n) is 3.84. The number of nitrogens with one attached hydrogen (secondary N) is 2. The minimum atomic E-state index is -3.06. The van der Waals surface area contributed by atoms with Crippen LogP contribution in [0.25, 0.3) is 0 Å². The predicted molar refractivity (Wildman–Crippen MR) is 109 cm³/mol. The van der Waals surface area contributed by atoms with Crippen LogP contribution in [0.15, 0.2) is 23.2 Å². The van der Waals surface area contributed by atoms with E-state index in [-0.39, 0.29) is 35.5 Å². The topological polar surface area (TPSA) is 73.8 Å². The molecule has 0 bridgehead atoms. The van der Waals surface area contributed by atoms with Gasteiger partial charge >= 0.3 is 0 Å². The zero-order chi connectivity index (χ0) is 17.6. The monoisotopic (exact) mass is 484 g/mol. The van der Waals surface area contributed by atoms with Crippen molar-refractivity contribution in [2.45, 2.75) is 26.8 Å². The van der Waals surface area contributed by atoms with E-state index in [1.165, 1.54) is 10.4 Å². The molecular weight excluding hydrogens is 458 g/mol. The molecule has 1 fully saturated rings. The number of rotatable bonds is 6. The summed E-state index contributed by atoms with van der Waals surface area (Å²) in [5.41, 5.74) is 1.52. The van der Waals surface area contributed by atoms with Crippen LogP contribution in [-0.4, -0.2) is 50.6 Å². The highest BCUT2D eigenvalue weighted by molar-refractivity contribution is 14.0. The number of nitrogens with zero attached hydrogens (tertiary/aromatic N) is 2. The Kier molecular flexibility index (Phi) is 9.08. The van der Waals surface area contributed by atoms with E-state index in [4.69, 9.17) is 0 Å². The molecule has 2 rings (SSSR count). The predicted octanol–water partition coefficient (Wildman–Crippen LogP) is 1.84. The lowest BCUT2D eigenvalue weighted by atomic mass is 10.1. The number of guanidine groups is 1. The van der Waals surface area contributed by atoms with Crippen LogP contribution in [0.1, 0.15) is 24.5 Å². The molecule has 25 heavy (non-hydrogen) atoms. The molecule has 142 valence electrons. The lowest BCUT2D eigenvalue weighted by Gasteiger charge is -2.16. The summed E-state index contributed by atoms with van der Waals surface area (Å²) in [6.07, 6.45) is 0.695. The van der Waals surface area contributed by atoms with Crippen molar-refractivity contribution in [3.8, 4) is 0 Å². The van der Waals surface area contributed by atoms with Crippen molar-refractivity contribution in [1.29, 1.82) is 0 Å². The van der Waals surface area contributed by atoms with Gasteiger partial charge in [0.2, 0.25) is 10.0 Å². The van der Waals surface area contributed by atoms with Crippen molar-refractivity contribution in [2.24, 2.45) is 4.99 Å². The minimum Gasteiger partial charge on any atom is -0.357 e. The molecule has 0 unspecified atom stereocenters. The standard InChI is InChI=1S/C16H25FN4O2S.HI/c1-3-18-16(19-7-9-21-8-4-10-24(21,22)23)20-12-14-5-6-15(17)13(2)11-14;/h5-6,11H,3-4,7-10,12H2,1-2H3,(H2,18,19,20);1H. The maximum atomic E-state index is 13.3. The van der Waals surface area contributed by atoms with Crippen molar-refractivity contribution in [2.75, 3.05) is 31.9 Å². The second-order valence-electron chi connectivity index (χ2n) is 5.77. The van der Waals surface area contributed by atoms with Crippen LogP contribution in [0.3, 0.4) is 0 Å². The van der Waals surface area contributed by atoms with Gasteiger partial charge in [0, 0.05) is 26.2 Å². The SMILES string of the molecule is CCNC(=NCc1ccc(F)c(C)c1)NCCN1CCCS1(=O)=O.I. The number of hydrogen-bond acceptors (Lipinski definition) is 3. The van der Waals surface area contributed by atoms with Crippen molar-refractivity contribution in [1.82, 2.24) is 14.9 Å². The second-order valence-corrected chi connectivity index (χ2v) is 7.86. The highest BCUT2D eigenvalue weighted by Crippen LogP contribution is 2.12. The van der Waals surface area contributed by atoms with Crippen LogP contribution in [0, 0.1) is 12.7 Å². The van der Waals surface area contributed by atoms with Gasteiger partial charge in [-0.1, -0.05) is 12.1 Å². The zero-order valence-electron chi connectivity index (χ0n) is 14.6. The van der Waals surface area contributed by atoms with E-state index in [2.05, 4.69) is 15.6 Å². The maximum absolute atomic E-state index is 13.3. The Morgan fingerprint density at radius 3 is 2.72 bits per heavy atom. The van der Waals surface area contributed by atoms with Gasteiger partial charge in [-0.15, -0.1) is 24.0 Å². The van der Waals surface area contributed by atoms with E-state index in [1.54, 1.807) is 19.1 Å². The van der Waals surface area contributed by atoms with Gasteiger partial charge in [0.1, 0.15) is 5.82 Å². The highest BCUT2D eigenvalue weighted by Gasteiger charge is 2.27. The fourth-order valence-corrected chi connectivity index (χ4v) is 4.09. The highest BCUT2D eigenvalue weighted by atomic mass is 127. The zero-order valence-corrected chi connectivity index (χ0v) is 17.7. The van der Waals surface area contributed by atoms with E-state index in [0.717, 1.165) is 5.56 Å². The molecule has 6 nitrogen and oxygen atoms in total. The molecule has 0 amide bonds. The van der Waals surface area contributed by atoms with Crippen molar-refractivity contribution in [3.05, 3.63) is 35.1 Å². The summed E-state index contributed by atoms with van der Waals surface area (Å²) in [6, 6.07) is 4.93. The van der Waals surface area contributed by atoms with E-state index in [1.807, 2.05) is 6.92 Å². The molecule has 0 atom stereocenters. The maximum Gasteiger partial charge on any atom is 0.214 e. The van der Waals surface area contributed by atoms with Gasteiger partial charge in [-0.2, -0.15) is 0 Å². The van der Waals surface area contributed by atoms with Crippen LogP contribution < -0.4 is 10.6 Å². The van der Waals surface area contributed by atoms with Gasteiger partial charge in [-0.05, 0) is 37.5 Å². The quantitative estimate of drug-likeness (QED) is 0.367. The lowest BCUT2D eigenvalue weighted by molar-refractivity contribution is 0.445. The van der Waals surface area contributed by atoms with Crippen molar-refractivity contribution >= 4 is 40.0 Å². The fraction of sp³-hybridized carbons (Fsp3) is 0.562. The largest absolute Gasteiger partial charge is 0.357 e. The summed E-state index contributed by atoms with van der Waals surface area (Å²) in [7, 11) is -3.06. The van der Waals surface area contributed by atoms with Crippen LogP contribution in [0.2, 0.25) is 0 Å². The van der Waals surface area contributed by atoms with Gasteiger partial charge in [0.05, 0.1) is 12.3 Å². The lowest BCUT2D eigenvalue weighted by Crippen LogP contribution is -2.42. The summed E-state index contributed by atoms with van der Waals surface area (Å²) < 4.78 is 38.3. The number of aliphatic imine (C=N–C) groups is 1. The first-order chi connectivity index (χ1) is 11.4. The molecule has 1 aromatic carbocycles. The molecule has 0 spiro atoms. The molecule has 1 aromatic rings. The average molecular weight is 484 g/mol. The van der Waals surface area contributed by atoms with Gasteiger partial charge in [0.15, 0.2) is 5.96 Å². The van der Waals surface area contributed by atoms with E-state index in [9.17, 15) is 12.8 Å². The molecule has 2 N–H and O–H groups in total. The minimum absolute atomic E-state index is 0. The molecule has 0 aromatic heterocycles. The summed E-state index contributed by atoms with van der Waals surface area (Å²) >= 11 is 0. The molecule has 0 aliphatic carbocycles. The van der Waals surface area contributed by atoms with Crippen molar-refractivity contribution < 1.29 is 12.8 Å². The van der Waals surface area contributed by atoms with E-state index < -0.39 is 10.0 Å². The number of halogens is 2. The summed E-state index contributed by atoms with van der Waals surface area (Å²) in [5, 5.41) is 6.26. The first-order valence-corrected chi connectivity index (χ1v) is 9.78. The first kappa shape index (κ1) is 22.1. The number of benzene rings is 1. The molecule has 1 aliphatic rings. The molecule has 1 heterocycles. The third-order valence-corrected chi connectivity index (χ3v) is 5.80. The molecular formula is C16H26FIN4O2S. The first-order valence-electron chi connectivity index (χ1n) is 8.17. The van der Waals surface area contributed by atoms with Gasteiger partial charge in [0.25, 0.3) is 0 Å². The molecule has 9 heteroatoms. The summed E-state index contributed by atoms with van der Waals surface area (Å²) in [6.45, 7) is 6.34. The van der Waals surface area contributed by atoms with Gasteiger partial charge < -0.3 is 10.6 Å². The third kappa shape index (κ3) is 6.70. The van der Waals surface area contributed by atoms with Crippen LogP contribution in [0.4, 0.5) is 4.39 Å². The smallest absolute Gasteiger partial charge is 0.214 e. The molecule has 1 aliphatic heterocycles. The Bertz CT molecular complexity index is 697. The summed E-state index contributed by atoms with van der Waals surface area (Å²) in [5.74, 6) is 0.640. The number of hydrogen-bond donors (Lipinski definition) is 2. The number of aryl methyl sites for hydroxylation is 1. The van der Waals surface area contributed by atoms with E-state index >= 15 is 0 Å². The number of sulfonamides is 1. The van der Waals surface area contributed by atoms with Crippen LogP contribution in [-0.2, 0) is 16.6 Å². The Hall–Kier alpha value is -0.940. The average Bonchev–Trinajstić information content (AvgIpc) is 2.87. The normalized spacial score (nSPS) is 17.2. The van der Waals surface area contributed by atoms with Gasteiger partial charge in [-0.3, -0.25) is 0 Å². The summed E-state index contributed by atoms with van der Waals surface area (Å²) in [4.78, 5) is 4.46.